The maximum absolute atomic E-state index is 11.6. The van der Waals surface area contributed by atoms with Gasteiger partial charge in [-0.1, -0.05) is 15.9 Å². The van der Waals surface area contributed by atoms with Crippen molar-refractivity contribution >= 4 is 34.2 Å². The van der Waals surface area contributed by atoms with Crippen LogP contribution in [0.15, 0.2) is 27.7 Å². The molecular weight excluding hydrogens is 336 g/mol. The average molecular weight is 353 g/mol. The van der Waals surface area contributed by atoms with E-state index in [4.69, 9.17) is 9.47 Å². The van der Waals surface area contributed by atoms with Gasteiger partial charge in [0.05, 0.1) is 18.6 Å². The number of halogens is 1. The fourth-order valence-corrected chi connectivity index (χ4v) is 3.05. The largest absolute Gasteiger partial charge is 0.348 e. The highest BCUT2D eigenvalue weighted by atomic mass is 79.9. The lowest BCUT2D eigenvalue weighted by Gasteiger charge is -2.32. The monoisotopic (exact) mass is 352 g/mol. The summed E-state index contributed by atoms with van der Waals surface area (Å²) in [4.78, 5) is 17.9. The predicted molar refractivity (Wildman–Crippen MR) is 82.7 cm³/mol. The predicted octanol–water partition coefficient (Wildman–Crippen LogP) is 2.82. The van der Waals surface area contributed by atoms with Crippen molar-refractivity contribution in [3.8, 4) is 0 Å². The highest BCUT2D eigenvalue weighted by Gasteiger charge is 2.35. The lowest BCUT2D eigenvalue weighted by Crippen LogP contribution is -2.38. The van der Waals surface area contributed by atoms with E-state index in [9.17, 15) is 4.79 Å². The molecule has 1 saturated heterocycles. The number of carbonyl (C=O) groups is 1. The van der Waals surface area contributed by atoms with Gasteiger partial charge in [-0.15, -0.1) is 0 Å². The van der Waals surface area contributed by atoms with Gasteiger partial charge in [-0.05, 0) is 32.0 Å². The lowest BCUT2D eigenvalue weighted by atomic mass is 10.0. The van der Waals surface area contributed by atoms with Crippen LogP contribution in [0.4, 0.5) is 5.69 Å². The van der Waals surface area contributed by atoms with Gasteiger partial charge in [0.15, 0.2) is 5.79 Å². The first-order valence-electron chi connectivity index (χ1n) is 6.85. The molecule has 0 bridgehead atoms. The summed E-state index contributed by atoms with van der Waals surface area (Å²) in [6.45, 7) is 4.87. The van der Waals surface area contributed by atoms with E-state index < -0.39 is 5.79 Å². The Hall–Kier alpha value is -1.24. The molecule has 2 aliphatic heterocycles. The van der Waals surface area contributed by atoms with E-state index in [1.54, 1.807) is 6.34 Å². The van der Waals surface area contributed by atoms with Gasteiger partial charge in [0, 0.05) is 16.6 Å². The number of ether oxygens (including phenoxy) is 2. The van der Waals surface area contributed by atoms with Crippen molar-refractivity contribution in [1.29, 1.82) is 0 Å². The van der Waals surface area contributed by atoms with Gasteiger partial charge in [0.1, 0.15) is 18.4 Å². The molecule has 21 heavy (non-hydrogen) atoms. The molecule has 0 aromatic heterocycles. The summed E-state index contributed by atoms with van der Waals surface area (Å²) in [7, 11) is 0. The summed E-state index contributed by atoms with van der Waals surface area (Å²) in [5.74, 6) is -0.560. The second-order valence-electron chi connectivity index (χ2n) is 5.68. The number of fused-ring (bicyclic) bond motifs is 1. The van der Waals surface area contributed by atoms with E-state index in [-0.39, 0.29) is 12.1 Å². The van der Waals surface area contributed by atoms with Gasteiger partial charge < -0.3 is 19.2 Å². The third-order valence-corrected chi connectivity index (χ3v) is 4.11. The zero-order chi connectivity index (χ0) is 15.0. The first kappa shape index (κ1) is 14.7. The van der Waals surface area contributed by atoms with E-state index in [1.807, 2.05) is 36.9 Å². The van der Waals surface area contributed by atoms with Gasteiger partial charge in [0.25, 0.3) is 0 Å². The fourth-order valence-electron chi connectivity index (χ4n) is 2.67. The topological polar surface area (TPSA) is 51.1 Å². The zero-order valence-electron chi connectivity index (χ0n) is 12.0. The van der Waals surface area contributed by atoms with Crippen molar-refractivity contribution in [2.75, 3.05) is 13.2 Å². The van der Waals surface area contributed by atoms with Crippen LogP contribution >= 0.6 is 15.9 Å². The van der Waals surface area contributed by atoms with Crippen LogP contribution in [0.2, 0.25) is 0 Å². The molecule has 1 aromatic carbocycles. The molecule has 1 aromatic rings. The number of hydrogen-bond donors (Lipinski definition) is 0. The first-order chi connectivity index (χ1) is 9.98. The molecule has 5 nitrogen and oxygen atoms in total. The number of aldehydes is 1. The molecule has 2 unspecified atom stereocenters. The summed E-state index contributed by atoms with van der Waals surface area (Å²) in [6.07, 6.45) is 2.59. The molecule has 0 aliphatic carbocycles. The van der Waals surface area contributed by atoms with Gasteiger partial charge in [-0.25, -0.2) is 4.99 Å². The average Bonchev–Trinajstić information content (AvgIpc) is 2.77. The van der Waals surface area contributed by atoms with E-state index in [0.717, 1.165) is 22.0 Å². The number of rotatable bonds is 3. The van der Waals surface area contributed by atoms with Crippen molar-refractivity contribution in [1.82, 2.24) is 4.90 Å². The highest BCUT2D eigenvalue weighted by Crippen LogP contribution is 2.34. The normalized spacial score (nSPS) is 26.7. The van der Waals surface area contributed by atoms with Crippen LogP contribution in [-0.4, -0.2) is 42.6 Å². The molecule has 1 fully saturated rings. The van der Waals surface area contributed by atoms with E-state index in [2.05, 4.69) is 20.9 Å². The molecule has 0 saturated carbocycles. The molecule has 0 amide bonds. The second-order valence-corrected chi connectivity index (χ2v) is 6.59. The van der Waals surface area contributed by atoms with Crippen LogP contribution in [0.5, 0.6) is 0 Å². The van der Waals surface area contributed by atoms with Gasteiger partial charge >= 0.3 is 0 Å². The van der Waals surface area contributed by atoms with E-state index in [1.165, 1.54) is 0 Å². The van der Waals surface area contributed by atoms with E-state index >= 15 is 0 Å². The molecule has 0 N–H and O–H groups in total. The van der Waals surface area contributed by atoms with Gasteiger partial charge in [0.2, 0.25) is 0 Å². The van der Waals surface area contributed by atoms with Crippen LogP contribution in [0, 0.1) is 0 Å². The quantitative estimate of drug-likeness (QED) is 0.785. The van der Waals surface area contributed by atoms with E-state index in [0.29, 0.717) is 13.2 Å². The SMILES string of the molecule is CC1(C)OCC(CN2C=Nc3ccc(Br)cc3C2C=O)O1. The lowest BCUT2D eigenvalue weighted by molar-refractivity contribution is -0.139. The maximum atomic E-state index is 11.6. The molecule has 0 radical (unpaired) electrons. The molecule has 3 rings (SSSR count). The summed E-state index contributed by atoms with van der Waals surface area (Å²) in [5, 5.41) is 0. The fraction of sp³-hybridized carbons (Fsp3) is 0.467. The number of aliphatic imine (C=N–C) groups is 1. The summed E-state index contributed by atoms with van der Waals surface area (Å²) in [6, 6.07) is 5.42. The molecule has 0 spiro atoms. The van der Waals surface area contributed by atoms with Crippen molar-refractivity contribution in [2.45, 2.75) is 31.8 Å². The van der Waals surface area contributed by atoms with Gasteiger partial charge in [-0.3, -0.25) is 0 Å². The summed E-state index contributed by atoms with van der Waals surface area (Å²) in [5.41, 5.74) is 1.73. The zero-order valence-corrected chi connectivity index (χ0v) is 13.5. The Morgan fingerprint density at radius 3 is 3.00 bits per heavy atom. The van der Waals surface area contributed by atoms with Crippen LogP contribution in [0.3, 0.4) is 0 Å². The first-order valence-corrected chi connectivity index (χ1v) is 7.64. The third kappa shape index (κ3) is 3.02. The Labute approximate surface area is 132 Å². The smallest absolute Gasteiger partial charge is 0.163 e. The Morgan fingerprint density at radius 1 is 1.52 bits per heavy atom. The van der Waals surface area contributed by atoms with Crippen molar-refractivity contribution < 1.29 is 14.3 Å². The summed E-state index contributed by atoms with van der Waals surface area (Å²) < 4.78 is 12.3. The molecular formula is C15H17BrN2O3. The van der Waals surface area contributed by atoms with Crippen LogP contribution in [-0.2, 0) is 14.3 Å². The molecule has 6 heteroatoms. The number of benzene rings is 1. The second kappa shape index (κ2) is 5.51. The molecule has 2 heterocycles. The minimum atomic E-state index is -0.560. The Bertz CT molecular complexity index is 588. The van der Waals surface area contributed by atoms with Crippen LogP contribution in [0.25, 0.3) is 0 Å². The highest BCUT2D eigenvalue weighted by molar-refractivity contribution is 9.10. The number of nitrogens with zero attached hydrogens (tertiary/aromatic N) is 2. The minimum Gasteiger partial charge on any atom is -0.348 e. The van der Waals surface area contributed by atoms with Gasteiger partial charge in [-0.2, -0.15) is 0 Å². The molecule has 2 atom stereocenters. The molecule has 112 valence electrons. The number of hydrogen-bond acceptors (Lipinski definition) is 5. The van der Waals surface area contributed by atoms with Crippen LogP contribution in [0.1, 0.15) is 25.5 Å². The van der Waals surface area contributed by atoms with Crippen LogP contribution < -0.4 is 0 Å². The van der Waals surface area contributed by atoms with Crippen molar-refractivity contribution in [3.63, 3.8) is 0 Å². The third-order valence-electron chi connectivity index (χ3n) is 3.62. The molecule has 2 aliphatic rings. The van der Waals surface area contributed by atoms with Crippen molar-refractivity contribution in [3.05, 3.63) is 28.2 Å². The minimum absolute atomic E-state index is 0.0670. The Kier molecular flexibility index (Phi) is 3.86. The standard InChI is InChI=1S/C15H17BrN2O3/c1-15(2)20-8-11(21-15)6-18-9-17-13-4-3-10(16)5-12(13)14(18)7-19/h3-5,7,9,11,14H,6,8H2,1-2H3. The number of carbonyl (C=O) groups excluding carboxylic acids is 1. The summed E-state index contributed by atoms with van der Waals surface area (Å²) >= 11 is 3.44. The Morgan fingerprint density at radius 2 is 2.33 bits per heavy atom. The Balaban J connectivity index is 1.80. The van der Waals surface area contributed by atoms with Crippen molar-refractivity contribution in [2.24, 2.45) is 4.99 Å². The maximum Gasteiger partial charge on any atom is 0.163 e.